The fraction of sp³-hybridized carbons (Fsp3) is 0.400. The number of nitrogens with zero attached hydrogens (tertiary/aromatic N) is 1. The average Bonchev–Trinajstić information content (AvgIpc) is 2.11. The van der Waals surface area contributed by atoms with E-state index in [1.54, 1.807) is 0 Å². The van der Waals surface area contributed by atoms with Crippen LogP contribution in [0.25, 0.3) is 0 Å². The Bertz CT molecular complexity index is 230. The zero-order valence-corrected chi connectivity index (χ0v) is 6.65. The van der Waals surface area contributed by atoms with Gasteiger partial charge < -0.3 is 4.42 Å². The molecule has 10 heavy (non-hydrogen) atoms. The normalized spacial score (nSPS) is 12.0. The van der Waals surface area contributed by atoms with Crippen LogP contribution in [-0.2, 0) is 5.92 Å². The summed E-state index contributed by atoms with van der Waals surface area (Å²) >= 11 is 2.89. The molecule has 0 fully saturated rings. The predicted octanol–water partition coefficient (Wildman–Crippen LogP) is 2.55. The first-order valence-corrected chi connectivity index (χ1v) is 3.29. The van der Waals surface area contributed by atoms with Crippen molar-refractivity contribution in [1.29, 1.82) is 0 Å². The topological polar surface area (TPSA) is 26.0 Å². The minimum atomic E-state index is -2.99. The highest BCUT2D eigenvalue weighted by molar-refractivity contribution is 9.10. The molecule has 5 heteroatoms. The molecular weight excluding hydrogens is 208 g/mol. The van der Waals surface area contributed by atoms with E-state index in [1.165, 1.54) is 0 Å². The first-order valence-electron chi connectivity index (χ1n) is 2.49. The maximum Gasteiger partial charge on any atom is 0.319 e. The Kier molecular flexibility index (Phi) is 1.76. The van der Waals surface area contributed by atoms with Crippen LogP contribution in [0.3, 0.4) is 0 Å². The van der Waals surface area contributed by atoms with Crippen molar-refractivity contribution in [3.8, 4) is 0 Å². The molecule has 0 spiro atoms. The predicted molar refractivity (Wildman–Crippen MR) is 33.8 cm³/mol. The summed E-state index contributed by atoms with van der Waals surface area (Å²) < 4.78 is 29.3. The molecule has 0 atom stereocenters. The SMILES string of the molecule is CC(F)(F)c1nc(Br)co1. The molecule has 0 unspecified atom stereocenters. The molecule has 0 bridgehead atoms. The molecule has 0 aliphatic carbocycles. The molecule has 0 amide bonds. The first-order chi connectivity index (χ1) is 4.50. The summed E-state index contributed by atoms with van der Waals surface area (Å²) in [4.78, 5) is 3.38. The Morgan fingerprint density at radius 1 is 1.70 bits per heavy atom. The van der Waals surface area contributed by atoms with E-state index in [-0.39, 0.29) is 4.60 Å². The van der Waals surface area contributed by atoms with Crippen LogP contribution in [0.1, 0.15) is 12.8 Å². The van der Waals surface area contributed by atoms with Gasteiger partial charge in [-0.2, -0.15) is 8.78 Å². The molecule has 56 valence electrons. The molecule has 0 radical (unpaired) electrons. The monoisotopic (exact) mass is 211 g/mol. The van der Waals surface area contributed by atoms with Gasteiger partial charge in [-0.25, -0.2) is 4.98 Å². The van der Waals surface area contributed by atoms with Gasteiger partial charge in [-0.3, -0.25) is 0 Å². The smallest absolute Gasteiger partial charge is 0.319 e. The van der Waals surface area contributed by atoms with Crippen LogP contribution in [0, 0.1) is 0 Å². The van der Waals surface area contributed by atoms with Crippen LogP contribution in [-0.4, -0.2) is 4.98 Å². The molecule has 0 aromatic carbocycles. The van der Waals surface area contributed by atoms with Crippen LogP contribution < -0.4 is 0 Å². The van der Waals surface area contributed by atoms with Gasteiger partial charge in [0.25, 0.3) is 5.89 Å². The summed E-state index contributed by atoms with van der Waals surface area (Å²) in [5.41, 5.74) is 0. The highest BCUT2D eigenvalue weighted by Gasteiger charge is 2.30. The van der Waals surface area contributed by atoms with Gasteiger partial charge in [0.05, 0.1) is 0 Å². The molecule has 0 saturated heterocycles. The second kappa shape index (κ2) is 2.30. The minimum Gasteiger partial charge on any atom is -0.442 e. The molecule has 0 saturated carbocycles. The van der Waals surface area contributed by atoms with Gasteiger partial charge in [0.1, 0.15) is 10.9 Å². The fourth-order valence-electron chi connectivity index (χ4n) is 0.456. The lowest BCUT2D eigenvalue weighted by molar-refractivity contribution is -0.0109. The molecule has 1 aromatic heterocycles. The van der Waals surface area contributed by atoms with Crippen molar-refractivity contribution in [1.82, 2.24) is 4.98 Å². The molecule has 1 heterocycles. The third-order valence-electron chi connectivity index (χ3n) is 0.852. The van der Waals surface area contributed by atoms with Crippen LogP contribution >= 0.6 is 15.9 Å². The second-order valence-electron chi connectivity index (χ2n) is 1.86. The van der Waals surface area contributed by atoms with Crippen LogP contribution in [0.5, 0.6) is 0 Å². The molecule has 0 aliphatic heterocycles. The van der Waals surface area contributed by atoms with Gasteiger partial charge in [-0.05, 0) is 15.9 Å². The van der Waals surface area contributed by atoms with Crippen molar-refractivity contribution in [2.75, 3.05) is 0 Å². The van der Waals surface area contributed by atoms with Crippen molar-refractivity contribution in [3.63, 3.8) is 0 Å². The van der Waals surface area contributed by atoms with Crippen molar-refractivity contribution < 1.29 is 13.2 Å². The summed E-state index contributed by atoms with van der Waals surface area (Å²) in [6, 6.07) is 0. The largest absolute Gasteiger partial charge is 0.442 e. The van der Waals surface area contributed by atoms with E-state index >= 15 is 0 Å². The molecular formula is C5H4BrF2NO. The van der Waals surface area contributed by atoms with Crippen molar-refractivity contribution >= 4 is 15.9 Å². The first kappa shape index (κ1) is 7.65. The van der Waals surface area contributed by atoms with E-state index in [2.05, 4.69) is 25.3 Å². The molecule has 2 nitrogen and oxygen atoms in total. The number of halogens is 3. The average molecular weight is 212 g/mol. The molecule has 1 aromatic rings. The number of oxazole rings is 1. The Hall–Kier alpha value is -0.450. The molecule has 0 N–H and O–H groups in total. The number of hydrogen-bond acceptors (Lipinski definition) is 2. The third-order valence-corrected chi connectivity index (χ3v) is 1.22. The van der Waals surface area contributed by atoms with Gasteiger partial charge in [-0.15, -0.1) is 0 Å². The van der Waals surface area contributed by atoms with Crippen LogP contribution in [0.15, 0.2) is 15.3 Å². The van der Waals surface area contributed by atoms with Crippen molar-refractivity contribution in [2.24, 2.45) is 0 Å². The summed E-state index contributed by atoms with van der Waals surface area (Å²) in [5.74, 6) is -3.56. The highest BCUT2D eigenvalue weighted by atomic mass is 79.9. The summed E-state index contributed by atoms with van der Waals surface area (Å²) in [6.45, 7) is 0.727. The zero-order chi connectivity index (χ0) is 7.78. The lowest BCUT2D eigenvalue weighted by Gasteiger charge is -2.01. The van der Waals surface area contributed by atoms with Crippen molar-refractivity contribution in [3.05, 3.63) is 16.8 Å². The maximum absolute atomic E-state index is 12.3. The molecule has 0 aliphatic rings. The van der Waals surface area contributed by atoms with Crippen LogP contribution in [0.2, 0.25) is 0 Å². The van der Waals surface area contributed by atoms with E-state index in [0.29, 0.717) is 0 Å². The van der Waals surface area contributed by atoms with Crippen molar-refractivity contribution in [2.45, 2.75) is 12.8 Å². The Labute approximate surface area is 64.4 Å². The van der Waals surface area contributed by atoms with Crippen LogP contribution in [0.4, 0.5) is 8.78 Å². The Morgan fingerprint density at radius 3 is 2.50 bits per heavy atom. The number of rotatable bonds is 1. The van der Waals surface area contributed by atoms with Gasteiger partial charge in [0.2, 0.25) is 0 Å². The number of aromatic nitrogens is 1. The standard InChI is InChI=1S/C5H4BrF2NO/c1-5(7,8)4-9-3(6)2-10-4/h2H,1H3. The van der Waals surface area contributed by atoms with Gasteiger partial charge in [0.15, 0.2) is 0 Å². The van der Waals surface area contributed by atoms with E-state index in [0.717, 1.165) is 13.2 Å². The summed E-state index contributed by atoms with van der Waals surface area (Å²) in [7, 11) is 0. The lowest BCUT2D eigenvalue weighted by Crippen LogP contribution is -2.06. The number of alkyl halides is 2. The lowest BCUT2D eigenvalue weighted by atomic mass is 10.4. The fourth-order valence-corrected chi connectivity index (χ4v) is 0.710. The third kappa shape index (κ3) is 1.53. The number of hydrogen-bond donors (Lipinski definition) is 0. The van der Waals surface area contributed by atoms with Gasteiger partial charge >= 0.3 is 5.92 Å². The van der Waals surface area contributed by atoms with Gasteiger partial charge in [-0.1, -0.05) is 0 Å². The van der Waals surface area contributed by atoms with E-state index in [4.69, 9.17) is 0 Å². The van der Waals surface area contributed by atoms with Gasteiger partial charge in [0, 0.05) is 6.92 Å². The highest BCUT2D eigenvalue weighted by Crippen LogP contribution is 2.26. The second-order valence-corrected chi connectivity index (χ2v) is 2.68. The maximum atomic E-state index is 12.3. The summed E-state index contributed by atoms with van der Waals surface area (Å²) in [6.07, 6.45) is 1.12. The minimum absolute atomic E-state index is 0.282. The Balaban J connectivity index is 2.96. The zero-order valence-electron chi connectivity index (χ0n) is 5.07. The summed E-state index contributed by atoms with van der Waals surface area (Å²) in [5, 5.41) is 0. The quantitative estimate of drug-likeness (QED) is 0.714. The Morgan fingerprint density at radius 2 is 2.30 bits per heavy atom. The van der Waals surface area contributed by atoms with E-state index < -0.39 is 11.8 Å². The van der Waals surface area contributed by atoms with E-state index in [1.807, 2.05) is 0 Å². The van der Waals surface area contributed by atoms with E-state index in [9.17, 15) is 8.78 Å². The molecule has 1 rings (SSSR count).